The monoisotopic (exact) mass is 339 g/mol. The molecule has 1 aromatic rings. The average Bonchev–Trinajstić information content (AvgIpc) is 2.46. The van der Waals surface area contributed by atoms with Gasteiger partial charge in [-0.05, 0) is 12.1 Å². The lowest BCUT2D eigenvalue weighted by Gasteiger charge is -2.29. The molecule has 0 bridgehead atoms. The molecule has 0 radical (unpaired) electrons. The van der Waals surface area contributed by atoms with Gasteiger partial charge in [-0.1, -0.05) is 17.7 Å². The van der Waals surface area contributed by atoms with E-state index in [1.807, 2.05) is 0 Å². The minimum absolute atomic E-state index is 0.0917. The molecule has 1 fully saturated rings. The van der Waals surface area contributed by atoms with E-state index >= 15 is 0 Å². The maximum atomic E-state index is 11.8. The Bertz CT molecular complexity index is 688. The molecule has 1 aliphatic rings. The van der Waals surface area contributed by atoms with Crippen molar-refractivity contribution in [3.05, 3.63) is 40.6 Å². The largest absolute Gasteiger partial charge is 0.465 e. The molecule has 1 heterocycles. The maximum absolute atomic E-state index is 11.8. The fourth-order valence-electron chi connectivity index (χ4n) is 1.84. The second-order valence-corrected chi connectivity index (χ2v) is 5.42. The number of anilines is 1. The molecular weight excluding hydrogens is 326 g/mol. The zero-order chi connectivity index (χ0) is 17.2. The number of carbonyl (C=O) groups excluding carboxylic acids is 3. The van der Waals surface area contributed by atoms with Crippen molar-refractivity contribution in [2.45, 2.75) is 19.6 Å². The Hall–Kier alpha value is -2.54. The Morgan fingerprint density at radius 3 is 2.43 bits per heavy atom. The van der Waals surface area contributed by atoms with Crippen molar-refractivity contribution in [2.24, 2.45) is 0 Å². The molecule has 122 valence electrons. The smallest absolute Gasteiger partial charge is 0.350 e. The summed E-state index contributed by atoms with van der Waals surface area (Å²) in [6.07, 6.45) is 1.11. The van der Waals surface area contributed by atoms with Crippen LogP contribution in [0, 0.1) is 0 Å². The molecule has 23 heavy (non-hydrogen) atoms. The van der Waals surface area contributed by atoms with E-state index in [4.69, 9.17) is 21.1 Å². The Balaban J connectivity index is 2.25. The summed E-state index contributed by atoms with van der Waals surface area (Å²) in [4.78, 5) is 35.2. The zero-order valence-corrected chi connectivity index (χ0v) is 13.4. The van der Waals surface area contributed by atoms with Gasteiger partial charge >= 0.3 is 17.9 Å². The van der Waals surface area contributed by atoms with Gasteiger partial charge in [0.15, 0.2) is 5.57 Å². The van der Waals surface area contributed by atoms with Crippen LogP contribution in [0.25, 0.3) is 0 Å². The maximum Gasteiger partial charge on any atom is 0.350 e. The molecule has 0 amide bonds. The van der Waals surface area contributed by atoms with Crippen molar-refractivity contribution in [3.8, 4) is 0 Å². The van der Waals surface area contributed by atoms with Crippen LogP contribution in [0.3, 0.4) is 0 Å². The van der Waals surface area contributed by atoms with E-state index in [0.29, 0.717) is 5.69 Å². The number of esters is 3. The number of methoxy groups -OCH3 is 1. The Morgan fingerprint density at radius 1 is 1.26 bits per heavy atom. The molecule has 0 aliphatic carbocycles. The van der Waals surface area contributed by atoms with E-state index < -0.39 is 23.7 Å². The lowest BCUT2D eigenvalue weighted by Crippen LogP contribution is -2.42. The second-order valence-electron chi connectivity index (χ2n) is 5.04. The fourth-order valence-corrected chi connectivity index (χ4v) is 2.10. The standard InChI is InChI=1S/C15H14ClNO6/c1-15(2)22-13(19)9(14(20)23-15)7-17-10-6-4-5-8(11(10)16)12(18)21-3/h4-7,17H,1-3H3. The quantitative estimate of drug-likeness (QED) is 0.513. The Labute approximate surface area is 137 Å². The number of nitrogens with one attached hydrogen (secondary N) is 1. The van der Waals surface area contributed by atoms with Crippen molar-refractivity contribution in [1.29, 1.82) is 0 Å². The first-order valence-corrected chi connectivity index (χ1v) is 6.93. The summed E-state index contributed by atoms with van der Waals surface area (Å²) < 4.78 is 14.5. The molecule has 1 saturated heterocycles. The molecule has 7 nitrogen and oxygen atoms in total. The molecule has 1 aliphatic heterocycles. The lowest BCUT2D eigenvalue weighted by molar-refractivity contribution is -0.222. The minimum Gasteiger partial charge on any atom is -0.465 e. The van der Waals surface area contributed by atoms with Gasteiger partial charge in [-0.25, -0.2) is 14.4 Å². The molecule has 0 aromatic heterocycles. The van der Waals surface area contributed by atoms with Gasteiger partial charge in [-0.2, -0.15) is 0 Å². The van der Waals surface area contributed by atoms with Gasteiger partial charge in [0.25, 0.3) is 5.79 Å². The number of benzene rings is 1. The minimum atomic E-state index is -1.31. The Morgan fingerprint density at radius 2 is 1.87 bits per heavy atom. The van der Waals surface area contributed by atoms with Gasteiger partial charge < -0.3 is 19.5 Å². The molecule has 0 unspecified atom stereocenters. The van der Waals surface area contributed by atoms with Crippen LogP contribution in [0.15, 0.2) is 30.0 Å². The van der Waals surface area contributed by atoms with Gasteiger partial charge in [0.2, 0.25) is 0 Å². The summed E-state index contributed by atoms with van der Waals surface area (Å²) >= 11 is 6.09. The summed E-state index contributed by atoms with van der Waals surface area (Å²) in [7, 11) is 1.23. The van der Waals surface area contributed by atoms with Gasteiger partial charge in [0.05, 0.1) is 23.4 Å². The normalized spacial score (nSPS) is 16.3. The highest BCUT2D eigenvalue weighted by atomic mass is 35.5. The first-order valence-electron chi connectivity index (χ1n) is 6.55. The molecule has 0 saturated carbocycles. The highest BCUT2D eigenvalue weighted by Gasteiger charge is 2.39. The highest BCUT2D eigenvalue weighted by Crippen LogP contribution is 2.28. The lowest BCUT2D eigenvalue weighted by atomic mass is 10.2. The predicted molar refractivity (Wildman–Crippen MR) is 80.8 cm³/mol. The first kappa shape index (κ1) is 16.8. The van der Waals surface area contributed by atoms with E-state index in [1.54, 1.807) is 12.1 Å². The van der Waals surface area contributed by atoms with E-state index in [1.165, 1.54) is 27.0 Å². The van der Waals surface area contributed by atoms with Crippen LogP contribution in [0.1, 0.15) is 24.2 Å². The van der Waals surface area contributed by atoms with Crippen LogP contribution < -0.4 is 5.32 Å². The number of rotatable bonds is 3. The Kier molecular flexibility index (Phi) is 4.60. The molecule has 0 atom stereocenters. The number of carbonyl (C=O) groups is 3. The van der Waals surface area contributed by atoms with Gasteiger partial charge in [-0.3, -0.25) is 0 Å². The number of hydrogen-bond acceptors (Lipinski definition) is 7. The van der Waals surface area contributed by atoms with E-state index in [-0.39, 0.29) is 16.2 Å². The van der Waals surface area contributed by atoms with E-state index in [9.17, 15) is 14.4 Å². The molecule has 1 N–H and O–H groups in total. The molecule has 2 rings (SSSR count). The molecule has 8 heteroatoms. The van der Waals surface area contributed by atoms with Gasteiger partial charge in [0, 0.05) is 20.0 Å². The third-order valence-electron chi connectivity index (χ3n) is 2.89. The van der Waals surface area contributed by atoms with Crippen molar-refractivity contribution >= 4 is 35.2 Å². The van der Waals surface area contributed by atoms with Gasteiger partial charge in [0.1, 0.15) is 0 Å². The summed E-state index contributed by atoms with van der Waals surface area (Å²) in [6, 6.07) is 4.62. The average molecular weight is 340 g/mol. The SMILES string of the molecule is COC(=O)c1cccc(NC=C2C(=O)OC(C)(C)OC2=O)c1Cl. The van der Waals surface area contributed by atoms with E-state index in [0.717, 1.165) is 6.20 Å². The summed E-state index contributed by atoms with van der Waals surface area (Å²) in [5.74, 6) is -3.56. The number of cyclic esters (lactones) is 2. The van der Waals surface area contributed by atoms with Crippen molar-refractivity contribution in [1.82, 2.24) is 0 Å². The van der Waals surface area contributed by atoms with Crippen molar-refractivity contribution < 1.29 is 28.6 Å². The highest BCUT2D eigenvalue weighted by molar-refractivity contribution is 6.36. The number of halogens is 1. The second kappa shape index (κ2) is 6.29. The topological polar surface area (TPSA) is 90.9 Å². The number of ether oxygens (including phenoxy) is 3. The van der Waals surface area contributed by atoms with Crippen LogP contribution in [0.2, 0.25) is 5.02 Å². The third kappa shape index (κ3) is 3.62. The zero-order valence-electron chi connectivity index (χ0n) is 12.6. The van der Waals surface area contributed by atoms with Crippen molar-refractivity contribution in [3.63, 3.8) is 0 Å². The van der Waals surface area contributed by atoms with Crippen LogP contribution in [0.4, 0.5) is 5.69 Å². The summed E-state index contributed by atoms with van der Waals surface area (Å²) in [6.45, 7) is 2.90. The molecule has 1 aromatic carbocycles. The van der Waals surface area contributed by atoms with Crippen LogP contribution >= 0.6 is 11.6 Å². The van der Waals surface area contributed by atoms with Gasteiger partial charge in [-0.15, -0.1) is 0 Å². The molecular formula is C15H14ClNO6. The molecule has 0 spiro atoms. The van der Waals surface area contributed by atoms with Crippen LogP contribution in [-0.2, 0) is 23.8 Å². The first-order chi connectivity index (χ1) is 10.7. The predicted octanol–water partition coefficient (Wildman–Crippen LogP) is 2.26. The third-order valence-corrected chi connectivity index (χ3v) is 3.30. The van der Waals surface area contributed by atoms with Crippen LogP contribution in [-0.4, -0.2) is 30.8 Å². The van der Waals surface area contributed by atoms with E-state index in [2.05, 4.69) is 10.1 Å². The summed E-state index contributed by atoms with van der Waals surface area (Å²) in [5.41, 5.74) is 0.142. The fraction of sp³-hybridized carbons (Fsp3) is 0.267. The summed E-state index contributed by atoms with van der Waals surface area (Å²) in [5, 5.41) is 2.78. The van der Waals surface area contributed by atoms with Crippen molar-refractivity contribution in [2.75, 3.05) is 12.4 Å². The van der Waals surface area contributed by atoms with Crippen LogP contribution in [0.5, 0.6) is 0 Å². The number of hydrogen-bond donors (Lipinski definition) is 1.